The first-order chi connectivity index (χ1) is 9.50. The van der Waals surface area contributed by atoms with E-state index in [1.165, 1.54) is 6.07 Å². The molecule has 0 fully saturated rings. The summed E-state index contributed by atoms with van der Waals surface area (Å²) >= 11 is 0. The predicted molar refractivity (Wildman–Crippen MR) is 65.7 cm³/mol. The van der Waals surface area contributed by atoms with E-state index in [0.717, 1.165) is 18.2 Å². The molecule has 0 unspecified atom stereocenters. The minimum Gasteiger partial charge on any atom is -0.457 e. The quantitative estimate of drug-likeness (QED) is 0.614. The standard InChI is InChI=1S/C14H8F3NO2/c15-14(16,17)12-8-11(6-7-13(12)18-9-19)20-10-4-2-1-3-5-10/h1-8H. The van der Waals surface area contributed by atoms with Gasteiger partial charge in [-0.2, -0.15) is 18.2 Å². The van der Waals surface area contributed by atoms with Crippen molar-refractivity contribution < 1.29 is 22.7 Å². The molecule has 0 amide bonds. The fourth-order valence-corrected chi connectivity index (χ4v) is 1.58. The monoisotopic (exact) mass is 279 g/mol. The molecule has 0 aliphatic heterocycles. The summed E-state index contributed by atoms with van der Waals surface area (Å²) in [6.45, 7) is 0. The fourth-order valence-electron chi connectivity index (χ4n) is 1.58. The smallest absolute Gasteiger partial charge is 0.418 e. The average molecular weight is 279 g/mol. The number of carbonyl (C=O) groups excluding carboxylic acids is 1. The Bertz CT molecular complexity index is 647. The normalized spacial score (nSPS) is 10.8. The van der Waals surface area contributed by atoms with Crippen molar-refractivity contribution in [1.29, 1.82) is 0 Å². The zero-order chi connectivity index (χ0) is 14.6. The Balaban J connectivity index is 2.40. The zero-order valence-corrected chi connectivity index (χ0v) is 10.0. The number of hydrogen-bond donors (Lipinski definition) is 0. The SMILES string of the molecule is O=C=Nc1ccc(Oc2ccccc2)cc1C(F)(F)F. The van der Waals surface area contributed by atoms with Crippen molar-refractivity contribution in [3.05, 3.63) is 54.1 Å². The van der Waals surface area contributed by atoms with Gasteiger partial charge in [-0.25, -0.2) is 4.79 Å². The van der Waals surface area contributed by atoms with Crippen LogP contribution >= 0.6 is 0 Å². The Labute approximate surface area is 112 Å². The van der Waals surface area contributed by atoms with Gasteiger partial charge < -0.3 is 4.74 Å². The number of para-hydroxylation sites is 1. The van der Waals surface area contributed by atoms with Crippen LogP contribution in [0.4, 0.5) is 18.9 Å². The molecule has 0 radical (unpaired) electrons. The minimum absolute atomic E-state index is 0.00775. The summed E-state index contributed by atoms with van der Waals surface area (Å²) in [7, 11) is 0. The highest BCUT2D eigenvalue weighted by Gasteiger charge is 2.34. The number of aliphatic imine (C=N–C) groups is 1. The lowest BCUT2D eigenvalue weighted by molar-refractivity contribution is -0.137. The van der Waals surface area contributed by atoms with Crippen molar-refractivity contribution in [3.8, 4) is 11.5 Å². The second-order valence-electron chi connectivity index (χ2n) is 3.79. The largest absolute Gasteiger partial charge is 0.457 e. The van der Waals surface area contributed by atoms with Crippen molar-refractivity contribution in [3.63, 3.8) is 0 Å². The van der Waals surface area contributed by atoms with Gasteiger partial charge in [-0.15, -0.1) is 0 Å². The number of benzene rings is 2. The van der Waals surface area contributed by atoms with Crippen molar-refractivity contribution >= 4 is 11.8 Å². The number of rotatable bonds is 3. The lowest BCUT2D eigenvalue weighted by atomic mass is 10.1. The molecule has 0 aliphatic rings. The summed E-state index contributed by atoms with van der Waals surface area (Å²) in [5.74, 6) is 0.417. The topological polar surface area (TPSA) is 38.7 Å². The molecule has 0 spiro atoms. The number of ether oxygens (including phenoxy) is 1. The first-order valence-corrected chi connectivity index (χ1v) is 5.53. The second kappa shape index (κ2) is 5.59. The molecule has 0 aliphatic carbocycles. The van der Waals surface area contributed by atoms with Crippen LogP contribution in [-0.4, -0.2) is 6.08 Å². The third-order valence-electron chi connectivity index (χ3n) is 2.42. The van der Waals surface area contributed by atoms with Crippen LogP contribution in [0.3, 0.4) is 0 Å². The van der Waals surface area contributed by atoms with Gasteiger partial charge in [0.25, 0.3) is 0 Å². The average Bonchev–Trinajstić information content (AvgIpc) is 2.41. The van der Waals surface area contributed by atoms with E-state index >= 15 is 0 Å². The minimum atomic E-state index is -4.63. The summed E-state index contributed by atoms with van der Waals surface area (Å²) < 4.78 is 43.8. The third kappa shape index (κ3) is 3.24. The summed E-state index contributed by atoms with van der Waals surface area (Å²) in [6.07, 6.45) is -3.53. The first kappa shape index (κ1) is 13.8. The molecule has 0 bridgehead atoms. The molecule has 6 heteroatoms. The van der Waals surface area contributed by atoms with E-state index in [1.807, 2.05) is 0 Å². The van der Waals surface area contributed by atoms with Crippen LogP contribution in [0.25, 0.3) is 0 Å². The highest BCUT2D eigenvalue weighted by atomic mass is 19.4. The van der Waals surface area contributed by atoms with E-state index in [1.54, 1.807) is 30.3 Å². The van der Waals surface area contributed by atoms with Crippen LogP contribution in [0.1, 0.15) is 5.56 Å². The van der Waals surface area contributed by atoms with Crippen LogP contribution in [0.2, 0.25) is 0 Å². The summed E-state index contributed by atoms with van der Waals surface area (Å²) in [4.78, 5) is 13.2. The summed E-state index contributed by atoms with van der Waals surface area (Å²) in [5.41, 5.74) is -1.54. The molecule has 0 N–H and O–H groups in total. The molecule has 102 valence electrons. The van der Waals surface area contributed by atoms with Crippen LogP contribution < -0.4 is 4.74 Å². The van der Waals surface area contributed by atoms with E-state index in [-0.39, 0.29) is 5.75 Å². The van der Waals surface area contributed by atoms with E-state index in [0.29, 0.717) is 5.75 Å². The summed E-state index contributed by atoms with van der Waals surface area (Å²) in [5, 5.41) is 0. The van der Waals surface area contributed by atoms with Gasteiger partial charge in [0.1, 0.15) is 11.5 Å². The van der Waals surface area contributed by atoms with Crippen LogP contribution in [0.15, 0.2) is 53.5 Å². The Kier molecular flexibility index (Phi) is 3.86. The molecule has 0 saturated heterocycles. The van der Waals surface area contributed by atoms with Crippen LogP contribution in [-0.2, 0) is 11.0 Å². The van der Waals surface area contributed by atoms with Gasteiger partial charge in [-0.1, -0.05) is 18.2 Å². The predicted octanol–water partition coefficient (Wildman–Crippen LogP) is 4.47. The van der Waals surface area contributed by atoms with Gasteiger partial charge >= 0.3 is 6.18 Å². The first-order valence-electron chi connectivity index (χ1n) is 5.53. The molecule has 2 rings (SSSR count). The van der Waals surface area contributed by atoms with Crippen molar-refractivity contribution in [2.24, 2.45) is 4.99 Å². The van der Waals surface area contributed by atoms with E-state index < -0.39 is 17.4 Å². The summed E-state index contributed by atoms with van der Waals surface area (Å²) in [6, 6.07) is 11.6. The maximum Gasteiger partial charge on any atom is 0.418 e. The van der Waals surface area contributed by atoms with Crippen LogP contribution in [0, 0.1) is 0 Å². The highest BCUT2D eigenvalue weighted by molar-refractivity contribution is 5.57. The Morgan fingerprint density at radius 3 is 2.30 bits per heavy atom. The zero-order valence-electron chi connectivity index (χ0n) is 10.0. The van der Waals surface area contributed by atoms with Gasteiger partial charge in [0.05, 0.1) is 11.3 Å². The Morgan fingerprint density at radius 1 is 1.00 bits per heavy atom. The van der Waals surface area contributed by atoms with Gasteiger partial charge in [-0.05, 0) is 30.3 Å². The van der Waals surface area contributed by atoms with Crippen molar-refractivity contribution in [2.45, 2.75) is 6.18 Å². The van der Waals surface area contributed by atoms with E-state index in [2.05, 4.69) is 4.99 Å². The number of nitrogens with zero attached hydrogens (tertiary/aromatic N) is 1. The Morgan fingerprint density at radius 2 is 1.70 bits per heavy atom. The molecular formula is C14H8F3NO2. The molecule has 0 heterocycles. The van der Waals surface area contributed by atoms with Gasteiger partial charge in [0.2, 0.25) is 6.08 Å². The molecule has 20 heavy (non-hydrogen) atoms. The molecule has 0 aromatic heterocycles. The Hall–Kier alpha value is -2.59. The van der Waals surface area contributed by atoms with E-state index in [4.69, 9.17) is 4.74 Å². The van der Waals surface area contributed by atoms with Crippen molar-refractivity contribution in [1.82, 2.24) is 0 Å². The molecule has 2 aromatic carbocycles. The maximum absolute atomic E-state index is 12.8. The number of alkyl halides is 3. The lowest BCUT2D eigenvalue weighted by Crippen LogP contribution is -2.05. The van der Waals surface area contributed by atoms with Gasteiger partial charge in [-0.3, -0.25) is 0 Å². The van der Waals surface area contributed by atoms with Gasteiger partial charge in [0.15, 0.2) is 0 Å². The van der Waals surface area contributed by atoms with Crippen LogP contribution in [0.5, 0.6) is 11.5 Å². The number of hydrogen-bond acceptors (Lipinski definition) is 3. The lowest BCUT2D eigenvalue weighted by Gasteiger charge is -2.11. The molecule has 2 aromatic rings. The fraction of sp³-hybridized carbons (Fsp3) is 0.0714. The van der Waals surface area contributed by atoms with Crippen molar-refractivity contribution in [2.75, 3.05) is 0 Å². The molecule has 3 nitrogen and oxygen atoms in total. The maximum atomic E-state index is 12.8. The molecular weight excluding hydrogens is 271 g/mol. The molecule has 0 saturated carbocycles. The highest BCUT2D eigenvalue weighted by Crippen LogP contribution is 2.39. The second-order valence-corrected chi connectivity index (χ2v) is 3.79. The molecule has 0 atom stereocenters. The number of isocyanates is 1. The number of halogens is 3. The van der Waals surface area contributed by atoms with Gasteiger partial charge in [0, 0.05) is 0 Å². The third-order valence-corrected chi connectivity index (χ3v) is 2.42. The van der Waals surface area contributed by atoms with E-state index in [9.17, 15) is 18.0 Å².